The summed E-state index contributed by atoms with van der Waals surface area (Å²) in [6.45, 7) is 9.95. The number of allylic oxidation sites excluding steroid dienone is 3. The lowest BCUT2D eigenvalue weighted by Gasteiger charge is -2.05. The minimum Gasteiger partial charge on any atom is -0.256 e. The van der Waals surface area contributed by atoms with Gasteiger partial charge in [-0.1, -0.05) is 26.5 Å². The fourth-order valence-corrected chi connectivity index (χ4v) is 1.19. The fraction of sp³-hybridized carbons (Fsp3) is 0.455. The van der Waals surface area contributed by atoms with Gasteiger partial charge in [0.15, 0.2) is 0 Å². The van der Waals surface area contributed by atoms with Crippen molar-refractivity contribution in [1.82, 2.24) is 0 Å². The highest BCUT2D eigenvalue weighted by Gasteiger charge is 2.19. The Morgan fingerprint density at radius 3 is 2.38 bits per heavy atom. The summed E-state index contributed by atoms with van der Waals surface area (Å²) >= 11 is 0. The third-order valence-corrected chi connectivity index (χ3v) is 1.92. The van der Waals surface area contributed by atoms with Gasteiger partial charge in [-0.3, -0.25) is 9.98 Å². The van der Waals surface area contributed by atoms with Gasteiger partial charge in [-0.2, -0.15) is 0 Å². The summed E-state index contributed by atoms with van der Waals surface area (Å²) in [4.78, 5) is 8.93. The van der Waals surface area contributed by atoms with Crippen molar-refractivity contribution in [3.05, 3.63) is 24.8 Å². The summed E-state index contributed by atoms with van der Waals surface area (Å²) < 4.78 is 0. The molecule has 0 aromatic rings. The first-order chi connectivity index (χ1) is 6.19. The van der Waals surface area contributed by atoms with Gasteiger partial charge >= 0.3 is 0 Å². The van der Waals surface area contributed by atoms with Crippen LogP contribution in [-0.4, -0.2) is 17.6 Å². The normalized spacial score (nSPS) is 22.3. The average molecular weight is 176 g/mol. The summed E-state index contributed by atoms with van der Waals surface area (Å²) in [6, 6.07) is 0. The lowest BCUT2D eigenvalue weighted by molar-refractivity contribution is 0.521. The Hall–Kier alpha value is -1.18. The number of aliphatic imine (C=N–C) groups is 2. The van der Waals surface area contributed by atoms with Crippen molar-refractivity contribution in [3.63, 3.8) is 0 Å². The van der Waals surface area contributed by atoms with Gasteiger partial charge in [-0.05, 0) is 25.0 Å². The third-order valence-electron chi connectivity index (χ3n) is 1.92. The quantitative estimate of drug-likeness (QED) is 0.631. The predicted molar refractivity (Wildman–Crippen MR) is 58.5 cm³/mol. The molecular weight excluding hydrogens is 160 g/mol. The van der Waals surface area contributed by atoms with Crippen LogP contribution in [0.2, 0.25) is 0 Å². The summed E-state index contributed by atoms with van der Waals surface area (Å²) in [6.07, 6.45) is 5.80. The molecule has 2 nitrogen and oxygen atoms in total. The van der Waals surface area contributed by atoms with E-state index in [1.54, 1.807) is 6.08 Å². The highest BCUT2D eigenvalue weighted by Crippen LogP contribution is 2.15. The molecule has 13 heavy (non-hydrogen) atoms. The highest BCUT2D eigenvalue weighted by molar-refractivity contribution is 6.51. The molecule has 0 N–H and O–H groups in total. The molecule has 1 atom stereocenters. The molecule has 0 saturated carbocycles. The van der Waals surface area contributed by atoms with Crippen LogP contribution in [0, 0.1) is 5.92 Å². The van der Waals surface area contributed by atoms with Gasteiger partial charge in [-0.25, -0.2) is 0 Å². The second-order valence-corrected chi connectivity index (χ2v) is 3.39. The maximum absolute atomic E-state index is 4.48. The van der Waals surface area contributed by atoms with E-state index in [0.717, 1.165) is 11.4 Å². The molecule has 0 saturated heterocycles. The monoisotopic (exact) mass is 176 g/mol. The van der Waals surface area contributed by atoms with Crippen LogP contribution in [0.3, 0.4) is 0 Å². The molecule has 0 bridgehead atoms. The van der Waals surface area contributed by atoms with Crippen LogP contribution in [0.25, 0.3) is 0 Å². The number of hydrogen-bond donors (Lipinski definition) is 0. The van der Waals surface area contributed by atoms with E-state index in [2.05, 4.69) is 30.4 Å². The Kier molecular flexibility index (Phi) is 3.18. The molecule has 1 rings (SSSR count). The maximum Gasteiger partial charge on any atom is 0.143 e. The first-order valence-corrected chi connectivity index (χ1v) is 4.60. The number of rotatable bonds is 3. The van der Waals surface area contributed by atoms with Crippen molar-refractivity contribution in [2.45, 2.75) is 26.9 Å². The van der Waals surface area contributed by atoms with Crippen molar-refractivity contribution in [3.8, 4) is 0 Å². The van der Waals surface area contributed by atoms with Crippen LogP contribution in [-0.2, 0) is 0 Å². The zero-order valence-electron chi connectivity index (χ0n) is 8.49. The van der Waals surface area contributed by atoms with E-state index in [-0.39, 0.29) is 6.17 Å². The van der Waals surface area contributed by atoms with Gasteiger partial charge in [0.05, 0.1) is 11.4 Å². The van der Waals surface area contributed by atoms with Crippen LogP contribution in [0.4, 0.5) is 0 Å². The van der Waals surface area contributed by atoms with Crippen molar-refractivity contribution >= 4 is 11.4 Å². The Balaban J connectivity index is 2.90. The molecule has 1 aliphatic heterocycles. The average Bonchev–Trinajstić information content (AvgIpc) is 2.48. The number of nitrogens with zero attached hydrogens (tertiary/aromatic N) is 2. The van der Waals surface area contributed by atoms with Crippen LogP contribution >= 0.6 is 0 Å². The highest BCUT2D eigenvalue weighted by atomic mass is 15.1. The summed E-state index contributed by atoms with van der Waals surface area (Å²) in [5, 5.41) is 0. The van der Waals surface area contributed by atoms with E-state index < -0.39 is 0 Å². The predicted octanol–water partition coefficient (Wildman–Crippen LogP) is 2.63. The largest absolute Gasteiger partial charge is 0.256 e. The molecular formula is C11H16N2. The molecule has 1 heterocycles. The number of hydrogen-bond acceptors (Lipinski definition) is 2. The standard InChI is InChI=1S/C11H16N2/c1-5-7-10-9(6-2)12-11(13-10)8(3)4/h5-8,11H,2H2,1,3-4H3/b7-5-. The zero-order chi connectivity index (χ0) is 9.84. The molecule has 0 radical (unpaired) electrons. The van der Waals surface area contributed by atoms with Gasteiger partial charge in [-0.15, -0.1) is 0 Å². The topological polar surface area (TPSA) is 24.7 Å². The van der Waals surface area contributed by atoms with E-state index in [1.165, 1.54) is 0 Å². The Labute approximate surface area is 79.8 Å². The maximum atomic E-state index is 4.48. The van der Waals surface area contributed by atoms with Gasteiger partial charge in [0.1, 0.15) is 6.17 Å². The van der Waals surface area contributed by atoms with E-state index >= 15 is 0 Å². The lowest BCUT2D eigenvalue weighted by Crippen LogP contribution is -2.06. The zero-order valence-corrected chi connectivity index (χ0v) is 8.49. The first-order valence-electron chi connectivity index (χ1n) is 4.60. The molecule has 1 aliphatic rings. The van der Waals surface area contributed by atoms with Crippen molar-refractivity contribution in [2.24, 2.45) is 15.9 Å². The summed E-state index contributed by atoms with van der Waals surface area (Å²) in [5.74, 6) is 0.456. The van der Waals surface area contributed by atoms with Crippen molar-refractivity contribution in [1.29, 1.82) is 0 Å². The fourth-order valence-electron chi connectivity index (χ4n) is 1.19. The molecule has 70 valence electrons. The smallest absolute Gasteiger partial charge is 0.143 e. The molecule has 2 heteroatoms. The first kappa shape index (κ1) is 9.90. The van der Waals surface area contributed by atoms with Crippen LogP contribution in [0.15, 0.2) is 34.8 Å². The van der Waals surface area contributed by atoms with Crippen molar-refractivity contribution in [2.75, 3.05) is 0 Å². The Morgan fingerprint density at radius 1 is 1.31 bits per heavy atom. The molecule has 0 amide bonds. The lowest BCUT2D eigenvalue weighted by atomic mass is 10.2. The third kappa shape index (κ3) is 2.14. The second kappa shape index (κ2) is 4.17. The second-order valence-electron chi connectivity index (χ2n) is 3.39. The van der Waals surface area contributed by atoms with E-state index in [1.807, 2.05) is 19.1 Å². The molecule has 0 aromatic heterocycles. The molecule has 0 aliphatic carbocycles. The van der Waals surface area contributed by atoms with Gasteiger partial charge in [0.2, 0.25) is 0 Å². The van der Waals surface area contributed by atoms with E-state index in [0.29, 0.717) is 5.92 Å². The molecule has 0 spiro atoms. The minimum absolute atomic E-state index is 0.0826. The van der Waals surface area contributed by atoms with Crippen LogP contribution < -0.4 is 0 Å². The Morgan fingerprint density at radius 2 is 1.92 bits per heavy atom. The van der Waals surface area contributed by atoms with Gasteiger partial charge in [0.25, 0.3) is 0 Å². The van der Waals surface area contributed by atoms with Gasteiger partial charge in [0, 0.05) is 0 Å². The Bertz CT molecular complexity index is 282. The molecule has 1 unspecified atom stereocenters. The van der Waals surface area contributed by atoms with Gasteiger partial charge < -0.3 is 0 Å². The minimum atomic E-state index is 0.0826. The SMILES string of the molecule is C=CC1=NC(C(C)C)N=C1/C=C\C. The summed E-state index contributed by atoms with van der Waals surface area (Å²) in [7, 11) is 0. The van der Waals surface area contributed by atoms with Crippen molar-refractivity contribution < 1.29 is 0 Å². The van der Waals surface area contributed by atoms with Crippen LogP contribution in [0.1, 0.15) is 20.8 Å². The van der Waals surface area contributed by atoms with E-state index in [4.69, 9.17) is 0 Å². The van der Waals surface area contributed by atoms with E-state index in [9.17, 15) is 0 Å². The summed E-state index contributed by atoms with van der Waals surface area (Å²) in [5.41, 5.74) is 1.87. The molecule has 0 aromatic carbocycles. The molecule has 0 fully saturated rings. The van der Waals surface area contributed by atoms with Crippen LogP contribution in [0.5, 0.6) is 0 Å².